The van der Waals surface area contributed by atoms with Gasteiger partial charge in [-0.3, -0.25) is 0 Å². The highest BCUT2D eigenvalue weighted by Crippen LogP contribution is 2.69. The Bertz CT molecular complexity index is 722. The first-order chi connectivity index (χ1) is 14.2. The van der Waals surface area contributed by atoms with Gasteiger partial charge in [-0.15, -0.1) is 0 Å². The van der Waals surface area contributed by atoms with Crippen LogP contribution in [0.2, 0.25) is 0 Å². The van der Waals surface area contributed by atoms with Crippen molar-refractivity contribution in [1.82, 2.24) is 0 Å². The molecule has 0 aromatic heterocycles. The minimum atomic E-state index is -1.04. The van der Waals surface area contributed by atoms with Gasteiger partial charge in [-0.1, -0.05) is 25.1 Å². The molecule has 4 saturated carbocycles. The van der Waals surface area contributed by atoms with Gasteiger partial charge in [0.25, 0.3) is 0 Å². The summed E-state index contributed by atoms with van der Waals surface area (Å²) < 4.78 is 0. The minimum Gasteiger partial charge on any atom is -0.479 e. The van der Waals surface area contributed by atoms with Crippen molar-refractivity contribution in [3.05, 3.63) is 12.2 Å². The number of allylic oxidation sites excluding steroid dienone is 2. The van der Waals surface area contributed by atoms with Gasteiger partial charge >= 0.3 is 5.97 Å². The summed E-state index contributed by atoms with van der Waals surface area (Å²) in [5, 5.41) is 34.5. The lowest BCUT2D eigenvalue weighted by Gasteiger charge is -2.63. The van der Waals surface area contributed by atoms with Gasteiger partial charge in [-0.05, 0) is 93.0 Å². The predicted molar refractivity (Wildman–Crippen MR) is 114 cm³/mol. The fraction of sp³-hybridized carbons (Fsp3) is 0.833. The van der Waals surface area contributed by atoms with Crippen LogP contribution in [-0.2, 0) is 9.63 Å². The van der Waals surface area contributed by atoms with E-state index in [9.17, 15) is 15.0 Å². The second-order valence-electron chi connectivity index (χ2n) is 10.8. The highest BCUT2D eigenvalue weighted by molar-refractivity contribution is 5.71. The fourth-order valence-corrected chi connectivity index (χ4v) is 7.91. The molecule has 30 heavy (non-hydrogen) atoms. The maximum atomic E-state index is 12.1. The molecule has 0 spiro atoms. The van der Waals surface area contributed by atoms with Crippen LogP contribution in [0.15, 0.2) is 17.3 Å². The number of hydrogen-bond donors (Lipinski definition) is 3. The molecule has 0 aromatic carbocycles. The average Bonchev–Trinajstić information content (AvgIpc) is 2.96. The number of aliphatic hydroxyl groups is 2. The smallest absolute Gasteiger partial charge is 0.344 e. The molecule has 4 rings (SSSR count). The molecule has 4 aliphatic carbocycles. The Morgan fingerprint density at radius 1 is 1.10 bits per heavy atom. The number of carboxylic acids is 1. The molecule has 0 bridgehead atoms. The third-order valence-corrected chi connectivity index (χ3v) is 9.65. The molecule has 0 aromatic rings. The molecule has 0 heterocycles. The van der Waals surface area contributed by atoms with Crippen molar-refractivity contribution in [2.24, 2.45) is 39.7 Å². The summed E-state index contributed by atoms with van der Waals surface area (Å²) in [6.07, 6.45) is 14.4. The normalized spacial score (nSPS) is 48.3. The number of aliphatic carboxylic acids is 1. The van der Waals surface area contributed by atoms with Crippen LogP contribution in [0.4, 0.5) is 0 Å². The quantitative estimate of drug-likeness (QED) is 0.465. The number of aliphatic hydroxyl groups excluding tert-OH is 1. The first kappa shape index (κ1) is 21.8. The Morgan fingerprint density at radius 3 is 2.67 bits per heavy atom. The highest BCUT2D eigenvalue weighted by Gasteiger charge is 2.66. The van der Waals surface area contributed by atoms with Crippen LogP contribution in [0.25, 0.3) is 0 Å². The maximum absolute atomic E-state index is 12.1. The molecule has 4 aliphatic rings. The first-order valence-electron chi connectivity index (χ1n) is 11.6. The summed E-state index contributed by atoms with van der Waals surface area (Å²) >= 11 is 0. The van der Waals surface area contributed by atoms with E-state index in [0.717, 1.165) is 57.8 Å². The minimum absolute atomic E-state index is 0.140. The number of rotatable bonds is 5. The topological polar surface area (TPSA) is 99.4 Å². The second-order valence-corrected chi connectivity index (χ2v) is 10.8. The monoisotopic (exact) mass is 419 g/mol. The number of oxime groups is 1. The van der Waals surface area contributed by atoms with Crippen molar-refractivity contribution in [2.45, 2.75) is 83.3 Å². The first-order valence-corrected chi connectivity index (χ1v) is 11.6. The Labute approximate surface area is 179 Å². The third kappa shape index (κ3) is 3.40. The molecule has 0 radical (unpaired) electrons. The van der Waals surface area contributed by atoms with Crippen LogP contribution >= 0.6 is 0 Å². The Kier molecular flexibility index (Phi) is 5.77. The predicted octanol–water partition coefficient (Wildman–Crippen LogP) is 3.76. The van der Waals surface area contributed by atoms with Crippen molar-refractivity contribution in [3.63, 3.8) is 0 Å². The van der Waals surface area contributed by atoms with Crippen molar-refractivity contribution in [3.8, 4) is 0 Å². The van der Waals surface area contributed by atoms with Crippen molar-refractivity contribution < 1.29 is 25.0 Å². The van der Waals surface area contributed by atoms with Crippen LogP contribution < -0.4 is 0 Å². The van der Waals surface area contributed by atoms with E-state index in [1.165, 1.54) is 6.21 Å². The van der Waals surface area contributed by atoms with Crippen LogP contribution in [0, 0.1) is 34.5 Å². The highest BCUT2D eigenvalue weighted by atomic mass is 16.6. The molecule has 6 nitrogen and oxygen atoms in total. The fourth-order valence-electron chi connectivity index (χ4n) is 7.91. The standard InChI is InChI=1S/C24H37NO5/c1-22-10-8-18(26)14-17(22)5-6-20-19(22)9-11-23(2)16(7-12-24(20,23)29)4-3-13-25-30-15-21(27)28/h3-4,13,16-20,26,29H,5-12,14-15H2,1-2H3,(H,27,28)/b4-3+,25-13+/t16-,17+,18-,19-,20+,22-,23+,24-/m0/s1. The molecular formula is C24H37NO5. The van der Waals surface area contributed by atoms with Gasteiger partial charge in [0.1, 0.15) is 0 Å². The van der Waals surface area contributed by atoms with Gasteiger partial charge in [-0.25, -0.2) is 4.79 Å². The molecule has 4 fully saturated rings. The summed E-state index contributed by atoms with van der Waals surface area (Å²) in [6.45, 7) is 4.26. The zero-order chi connectivity index (χ0) is 21.6. The van der Waals surface area contributed by atoms with Gasteiger partial charge in [0, 0.05) is 5.41 Å². The zero-order valence-corrected chi connectivity index (χ0v) is 18.3. The lowest BCUT2D eigenvalue weighted by atomic mass is 9.43. The van der Waals surface area contributed by atoms with Gasteiger partial charge in [0.05, 0.1) is 17.9 Å². The molecule has 3 N–H and O–H groups in total. The Balaban J connectivity index is 1.48. The second kappa shape index (κ2) is 7.94. The molecule has 8 atom stereocenters. The molecule has 0 saturated heterocycles. The van der Waals surface area contributed by atoms with E-state index in [1.807, 2.05) is 6.08 Å². The third-order valence-electron chi connectivity index (χ3n) is 9.65. The van der Waals surface area contributed by atoms with Gasteiger partial charge < -0.3 is 20.2 Å². The summed E-state index contributed by atoms with van der Waals surface area (Å²) in [6, 6.07) is 0. The molecule has 0 aliphatic heterocycles. The van der Waals surface area contributed by atoms with Crippen LogP contribution in [0.5, 0.6) is 0 Å². The van der Waals surface area contributed by atoms with E-state index in [1.54, 1.807) is 0 Å². The van der Waals surface area contributed by atoms with Crippen LogP contribution in [-0.4, -0.2) is 45.8 Å². The average molecular weight is 420 g/mol. The number of hydrogen-bond acceptors (Lipinski definition) is 5. The van der Waals surface area contributed by atoms with Crippen molar-refractivity contribution >= 4 is 12.2 Å². The van der Waals surface area contributed by atoms with E-state index in [2.05, 4.69) is 25.1 Å². The Morgan fingerprint density at radius 2 is 1.90 bits per heavy atom. The van der Waals surface area contributed by atoms with E-state index in [4.69, 9.17) is 9.94 Å². The number of fused-ring (bicyclic) bond motifs is 5. The van der Waals surface area contributed by atoms with Gasteiger partial charge in [0.2, 0.25) is 6.61 Å². The lowest BCUT2D eigenvalue weighted by molar-refractivity contribution is -0.207. The zero-order valence-electron chi connectivity index (χ0n) is 18.3. The van der Waals surface area contributed by atoms with Crippen molar-refractivity contribution in [2.75, 3.05) is 6.61 Å². The molecular weight excluding hydrogens is 382 g/mol. The number of carbonyl (C=O) groups is 1. The number of nitrogens with zero attached hydrogens (tertiary/aromatic N) is 1. The van der Waals surface area contributed by atoms with Gasteiger partial charge in [-0.2, -0.15) is 0 Å². The summed E-state index contributed by atoms with van der Waals surface area (Å²) in [7, 11) is 0. The largest absolute Gasteiger partial charge is 0.479 e. The lowest BCUT2D eigenvalue weighted by Crippen LogP contribution is -2.62. The SMILES string of the molecule is C[C@]12CC[C@H](O)C[C@H]1CC[C@@H]1[C@@H]2CC[C@]2(C)[C@@H](/C=C/C=N/OCC(=O)O)CC[C@]12O. The van der Waals surface area contributed by atoms with E-state index in [-0.39, 0.29) is 22.9 Å². The van der Waals surface area contributed by atoms with E-state index < -0.39 is 18.2 Å². The molecule has 0 amide bonds. The van der Waals surface area contributed by atoms with E-state index >= 15 is 0 Å². The summed E-state index contributed by atoms with van der Waals surface area (Å²) in [4.78, 5) is 15.2. The van der Waals surface area contributed by atoms with Crippen LogP contribution in [0.3, 0.4) is 0 Å². The van der Waals surface area contributed by atoms with E-state index in [0.29, 0.717) is 17.8 Å². The summed E-state index contributed by atoms with van der Waals surface area (Å²) in [5.74, 6) is 0.731. The number of carboxylic acid groups (broad SMARTS) is 1. The van der Waals surface area contributed by atoms with Crippen molar-refractivity contribution in [1.29, 1.82) is 0 Å². The molecule has 168 valence electrons. The van der Waals surface area contributed by atoms with Gasteiger partial charge in [0.15, 0.2) is 0 Å². The molecule has 6 heteroatoms. The molecule has 0 unspecified atom stereocenters. The maximum Gasteiger partial charge on any atom is 0.344 e. The Hall–Kier alpha value is -1.40. The van der Waals surface area contributed by atoms with Crippen LogP contribution in [0.1, 0.15) is 71.6 Å². The summed E-state index contributed by atoms with van der Waals surface area (Å²) in [5.41, 5.74) is -0.523.